The number of methoxy groups -OCH3 is 1. The van der Waals surface area contributed by atoms with Gasteiger partial charge in [0.05, 0.1) is 7.11 Å². The number of amides is 1. The summed E-state index contributed by atoms with van der Waals surface area (Å²) >= 11 is 0. The fraction of sp³-hybridized carbons (Fsp3) is 0.500. The number of hydrogen-bond acceptors (Lipinski definition) is 4. The molecule has 74 valence electrons. The van der Waals surface area contributed by atoms with Crippen molar-refractivity contribution in [3.8, 4) is 0 Å². The first-order valence-corrected chi connectivity index (χ1v) is 3.66. The Labute approximate surface area is 76.7 Å². The number of hydrogen-bond donors (Lipinski definition) is 1. The number of nitrogens with one attached hydrogen (secondary N) is 1. The van der Waals surface area contributed by atoms with Crippen molar-refractivity contribution in [2.75, 3.05) is 20.4 Å². The Morgan fingerprint density at radius 1 is 1.46 bits per heavy atom. The monoisotopic (exact) mass is 187 g/mol. The minimum atomic E-state index is -0.482. The Bertz CT molecular complexity index is 212. The second kappa shape index (κ2) is 6.19. The summed E-state index contributed by atoms with van der Waals surface area (Å²) in [5.74, 6) is -0.783. The van der Waals surface area contributed by atoms with Gasteiger partial charge in [0.25, 0.3) is 0 Å². The van der Waals surface area contributed by atoms with E-state index in [1.54, 1.807) is 6.92 Å². The molecule has 0 aliphatic heterocycles. The van der Waals surface area contributed by atoms with Crippen LogP contribution in [0.1, 0.15) is 6.92 Å². The summed E-state index contributed by atoms with van der Waals surface area (Å²) in [6.07, 6.45) is 0. The van der Waals surface area contributed by atoms with Crippen LogP contribution < -0.4 is 5.32 Å². The average molecular weight is 187 g/mol. The molecule has 0 aliphatic carbocycles. The molecule has 0 radical (unpaired) electrons. The van der Waals surface area contributed by atoms with Crippen LogP contribution in [-0.2, 0) is 19.1 Å². The molecule has 0 atom stereocenters. The van der Waals surface area contributed by atoms with E-state index in [1.807, 2.05) is 0 Å². The predicted molar refractivity (Wildman–Crippen MR) is 45.8 cm³/mol. The van der Waals surface area contributed by atoms with Crippen molar-refractivity contribution in [1.29, 1.82) is 0 Å². The number of rotatable bonds is 5. The van der Waals surface area contributed by atoms with Crippen LogP contribution in [-0.4, -0.2) is 32.3 Å². The summed E-state index contributed by atoms with van der Waals surface area (Å²) in [6.45, 7) is 4.80. The van der Waals surface area contributed by atoms with Gasteiger partial charge in [0.2, 0.25) is 5.91 Å². The van der Waals surface area contributed by atoms with Crippen LogP contribution in [0.5, 0.6) is 0 Å². The molecule has 5 nitrogen and oxygen atoms in total. The maximum Gasteiger partial charge on any atom is 0.331 e. The van der Waals surface area contributed by atoms with Crippen LogP contribution in [0, 0.1) is 0 Å². The van der Waals surface area contributed by atoms with Crippen molar-refractivity contribution in [2.24, 2.45) is 0 Å². The Hall–Kier alpha value is -1.36. The molecular formula is C8H13NO4. The van der Waals surface area contributed by atoms with Gasteiger partial charge in [-0.2, -0.15) is 0 Å². The first-order chi connectivity index (χ1) is 6.07. The molecule has 0 saturated carbocycles. The summed E-state index contributed by atoms with van der Waals surface area (Å²) in [5.41, 5.74) is 0.390. The van der Waals surface area contributed by atoms with Crippen LogP contribution in [0.3, 0.4) is 0 Å². The standard InChI is InChI=1S/C8H13NO4/c1-6(2)8(11)9-5-13-4-7(10)12-3/h1,4-5H2,2-3H3,(H,9,11). The molecule has 13 heavy (non-hydrogen) atoms. The largest absolute Gasteiger partial charge is 0.467 e. The van der Waals surface area contributed by atoms with Gasteiger partial charge >= 0.3 is 5.97 Å². The third kappa shape index (κ3) is 5.86. The molecule has 0 aliphatic rings. The quantitative estimate of drug-likeness (QED) is 0.281. The molecule has 1 N–H and O–H groups in total. The number of esters is 1. The lowest BCUT2D eigenvalue weighted by Crippen LogP contribution is -2.27. The van der Waals surface area contributed by atoms with Crippen molar-refractivity contribution in [3.05, 3.63) is 12.2 Å². The first-order valence-electron chi connectivity index (χ1n) is 3.66. The van der Waals surface area contributed by atoms with Crippen molar-refractivity contribution in [2.45, 2.75) is 6.92 Å². The van der Waals surface area contributed by atoms with Crippen LogP contribution >= 0.6 is 0 Å². The van der Waals surface area contributed by atoms with Crippen molar-refractivity contribution in [1.82, 2.24) is 5.32 Å². The zero-order valence-corrected chi connectivity index (χ0v) is 7.75. The van der Waals surface area contributed by atoms with Gasteiger partial charge in [-0.1, -0.05) is 6.58 Å². The lowest BCUT2D eigenvalue weighted by atomic mass is 10.3. The zero-order valence-electron chi connectivity index (χ0n) is 7.75. The van der Waals surface area contributed by atoms with Gasteiger partial charge in [0.1, 0.15) is 13.3 Å². The Morgan fingerprint density at radius 2 is 2.08 bits per heavy atom. The van der Waals surface area contributed by atoms with Crippen LogP contribution in [0.2, 0.25) is 0 Å². The zero-order chi connectivity index (χ0) is 10.3. The van der Waals surface area contributed by atoms with Gasteiger partial charge in [-0.3, -0.25) is 4.79 Å². The molecule has 0 bridgehead atoms. The maximum absolute atomic E-state index is 10.9. The first kappa shape index (κ1) is 11.6. The fourth-order valence-electron chi connectivity index (χ4n) is 0.461. The fourth-order valence-corrected chi connectivity index (χ4v) is 0.461. The molecule has 0 rings (SSSR count). The number of ether oxygens (including phenoxy) is 2. The molecule has 5 heteroatoms. The van der Waals surface area contributed by atoms with Gasteiger partial charge in [0, 0.05) is 5.57 Å². The van der Waals surface area contributed by atoms with Crippen molar-refractivity contribution >= 4 is 11.9 Å². The highest BCUT2D eigenvalue weighted by molar-refractivity contribution is 5.91. The van der Waals surface area contributed by atoms with E-state index in [0.717, 1.165) is 0 Å². The summed E-state index contributed by atoms with van der Waals surface area (Å²) in [4.78, 5) is 21.4. The van der Waals surface area contributed by atoms with Gasteiger partial charge in [0.15, 0.2) is 0 Å². The molecule has 0 fully saturated rings. The van der Waals surface area contributed by atoms with E-state index >= 15 is 0 Å². The van der Waals surface area contributed by atoms with Gasteiger partial charge in [-0.25, -0.2) is 4.79 Å². The van der Waals surface area contributed by atoms with E-state index in [1.165, 1.54) is 7.11 Å². The maximum atomic E-state index is 10.9. The molecular weight excluding hydrogens is 174 g/mol. The molecule has 0 aromatic rings. The smallest absolute Gasteiger partial charge is 0.331 e. The topological polar surface area (TPSA) is 64.6 Å². The highest BCUT2D eigenvalue weighted by Crippen LogP contribution is 1.85. The van der Waals surface area contributed by atoms with Crippen LogP contribution in [0.25, 0.3) is 0 Å². The SMILES string of the molecule is C=C(C)C(=O)NCOCC(=O)OC. The Morgan fingerprint density at radius 3 is 2.54 bits per heavy atom. The molecule has 0 unspecified atom stereocenters. The number of carbonyl (C=O) groups is 2. The summed E-state index contributed by atoms with van der Waals surface area (Å²) in [7, 11) is 1.26. The molecule has 0 saturated heterocycles. The van der Waals surface area contributed by atoms with Crippen LogP contribution in [0.15, 0.2) is 12.2 Å². The predicted octanol–water partition coefficient (Wildman–Crippen LogP) is -0.174. The average Bonchev–Trinajstić information content (AvgIpc) is 2.11. The molecule has 0 aromatic carbocycles. The van der Waals surface area contributed by atoms with E-state index in [0.29, 0.717) is 5.57 Å². The third-order valence-corrected chi connectivity index (χ3v) is 1.17. The van der Waals surface area contributed by atoms with Crippen molar-refractivity contribution < 1.29 is 19.1 Å². The Balaban J connectivity index is 3.41. The van der Waals surface area contributed by atoms with Gasteiger partial charge in [-0.15, -0.1) is 0 Å². The van der Waals surface area contributed by atoms with Crippen molar-refractivity contribution in [3.63, 3.8) is 0 Å². The second-order valence-corrected chi connectivity index (χ2v) is 2.36. The van der Waals surface area contributed by atoms with Crippen LogP contribution in [0.4, 0.5) is 0 Å². The molecule has 0 spiro atoms. The van der Waals surface area contributed by atoms with E-state index in [2.05, 4.69) is 16.6 Å². The van der Waals surface area contributed by atoms with E-state index in [-0.39, 0.29) is 19.2 Å². The lowest BCUT2D eigenvalue weighted by molar-refractivity contribution is -0.146. The highest BCUT2D eigenvalue weighted by Gasteiger charge is 2.02. The minimum Gasteiger partial charge on any atom is -0.467 e. The van der Waals surface area contributed by atoms with Gasteiger partial charge < -0.3 is 14.8 Å². The minimum absolute atomic E-state index is 0.0270. The third-order valence-electron chi connectivity index (χ3n) is 1.17. The molecule has 0 aromatic heterocycles. The second-order valence-electron chi connectivity index (χ2n) is 2.36. The van der Waals surface area contributed by atoms with E-state index in [4.69, 9.17) is 4.74 Å². The highest BCUT2D eigenvalue weighted by atomic mass is 16.6. The van der Waals surface area contributed by atoms with E-state index in [9.17, 15) is 9.59 Å². The summed E-state index contributed by atoms with van der Waals surface area (Å²) in [6, 6.07) is 0. The molecule has 0 heterocycles. The summed E-state index contributed by atoms with van der Waals surface area (Å²) in [5, 5.41) is 2.39. The van der Waals surface area contributed by atoms with E-state index < -0.39 is 5.97 Å². The normalized spacial score (nSPS) is 9.08. The number of carbonyl (C=O) groups excluding carboxylic acids is 2. The molecule has 1 amide bonds. The summed E-state index contributed by atoms with van der Waals surface area (Å²) < 4.78 is 9.07. The van der Waals surface area contributed by atoms with Gasteiger partial charge in [-0.05, 0) is 6.92 Å². The lowest BCUT2D eigenvalue weighted by Gasteiger charge is -2.04. The Kier molecular flexibility index (Phi) is 5.54.